The van der Waals surface area contributed by atoms with E-state index in [4.69, 9.17) is 9.84 Å². The van der Waals surface area contributed by atoms with Gasteiger partial charge in [0.15, 0.2) is 0 Å². The Balaban J connectivity index is 3.22. The average Bonchev–Trinajstić information content (AvgIpc) is 2.15. The van der Waals surface area contributed by atoms with E-state index >= 15 is 0 Å². The first-order valence-corrected chi connectivity index (χ1v) is 6.05. The minimum atomic E-state index is -3.53. The number of hydrogen-bond donors (Lipinski definition) is 1. The molecule has 1 N–H and O–H groups in total. The summed E-state index contributed by atoms with van der Waals surface area (Å²) in [5.41, 5.74) is 0.224. The lowest BCUT2D eigenvalue weighted by atomic mass is 10.2. The number of carboxylic acid groups (broad SMARTS) is 1. The zero-order valence-corrected chi connectivity index (χ0v) is 9.48. The van der Waals surface area contributed by atoms with Gasteiger partial charge in [-0.1, -0.05) is 0 Å². The molecular formula is C8H10N2O5S. The normalized spacial score (nSPS) is 11.1. The number of hydrogen-bond acceptors (Lipinski definition) is 6. The Hall–Kier alpha value is -1.70. The minimum absolute atomic E-state index is 0.0437. The lowest BCUT2D eigenvalue weighted by Gasteiger charge is -2.05. The van der Waals surface area contributed by atoms with Gasteiger partial charge in [-0.15, -0.1) is 0 Å². The zero-order chi connectivity index (χ0) is 12.3. The van der Waals surface area contributed by atoms with Crippen LogP contribution >= 0.6 is 0 Å². The molecule has 0 aliphatic heterocycles. The second kappa shape index (κ2) is 4.44. The third kappa shape index (κ3) is 2.89. The number of rotatable bonds is 4. The molecule has 0 fully saturated rings. The zero-order valence-electron chi connectivity index (χ0n) is 8.67. The van der Waals surface area contributed by atoms with Crippen molar-refractivity contribution in [2.75, 3.05) is 13.4 Å². The van der Waals surface area contributed by atoms with Gasteiger partial charge in [-0.25, -0.2) is 13.4 Å². The van der Waals surface area contributed by atoms with Crippen LogP contribution in [0, 0.1) is 0 Å². The van der Waals surface area contributed by atoms with E-state index in [1.165, 1.54) is 7.11 Å². The number of nitrogens with zero attached hydrogens (tertiary/aromatic N) is 2. The smallest absolute Gasteiger partial charge is 0.308 e. The van der Waals surface area contributed by atoms with Crippen LogP contribution in [-0.4, -0.2) is 42.8 Å². The fraction of sp³-hybridized carbons (Fsp3) is 0.375. The highest BCUT2D eigenvalue weighted by Gasteiger charge is 2.16. The molecule has 0 radical (unpaired) electrons. The molecule has 0 spiro atoms. The highest BCUT2D eigenvalue weighted by atomic mass is 32.2. The molecule has 88 valence electrons. The van der Waals surface area contributed by atoms with Gasteiger partial charge in [0, 0.05) is 18.0 Å². The van der Waals surface area contributed by atoms with Crippen molar-refractivity contribution in [1.82, 2.24) is 9.97 Å². The summed E-state index contributed by atoms with van der Waals surface area (Å²) >= 11 is 0. The maximum atomic E-state index is 11.1. The second-order valence-electron chi connectivity index (χ2n) is 3.03. The molecule has 0 amide bonds. The summed E-state index contributed by atoms with van der Waals surface area (Å²) in [5, 5.41) is 8.20. The first kappa shape index (κ1) is 12.4. The molecule has 0 aliphatic carbocycles. The van der Waals surface area contributed by atoms with Crippen molar-refractivity contribution in [3.8, 4) is 5.88 Å². The van der Waals surface area contributed by atoms with E-state index in [9.17, 15) is 13.2 Å². The van der Waals surface area contributed by atoms with Crippen LogP contribution in [0.2, 0.25) is 0 Å². The number of carbonyl (C=O) groups is 1. The van der Waals surface area contributed by atoms with Crippen LogP contribution in [0.1, 0.15) is 5.56 Å². The lowest BCUT2D eigenvalue weighted by Crippen LogP contribution is -2.09. The van der Waals surface area contributed by atoms with Crippen molar-refractivity contribution in [3.63, 3.8) is 0 Å². The summed E-state index contributed by atoms with van der Waals surface area (Å²) in [4.78, 5) is 17.7. The van der Waals surface area contributed by atoms with Crippen LogP contribution in [-0.2, 0) is 21.1 Å². The van der Waals surface area contributed by atoms with E-state index < -0.39 is 21.0 Å². The largest absolute Gasteiger partial charge is 0.481 e. The third-order valence-corrected chi connectivity index (χ3v) is 2.53. The molecule has 1 aromatic heterocycles. The molecular weight excluding hydrogens is 236 g/mol. The highest BCUT2D eigenvalue weighted by molar-refractivity contribution is 7.90. The molecule has 1 aromatic rings. The molecule has 0 saturated heterocycles. The Morgan fingerprint density at radius 1 is 1.56 bits per heavy atom. The summed E-state index contributed by atoms with van der Waals surface area (Å²) in [5.74, 6) is -1.12. The predicted octanol–water partition coefficient (Wildman–Crippen LogP) is -0.484. The summed E-state index contributed by atoms with van der Waals surface area (Å²) in [6, 6.07) is 0. The molecule has 0 bridgehead atoms. The Morgan fingerprint density at radius 3 is 2.62 bits per heavy atom. The van der Waals surface area contributed by atoms with E-state index in [2.05, 4.69) is 9.97 Å². The maximum absolute atomic E-state index is 11.1. The highest BCUT2D eigenvalue weighted by Crippen LogP contribution is 2.16. The van der Waals surface area contributed by atoms with Gasteiger partial charge in [-0.2, -0.15) is 4.98 Å². The van der Waals surface area contributed by atoms with Crippen molar-refractivity contribution in [2.45, 2.75) is 11.6 Å². The molecule has 1 heterocycles. The van der Waals surface area contributed by atoms with E-state index in [-0.39, 0.29) is 17.9 Å². The number of aliphatic carboxylic acids is 1. The summed E-state index contributed by atoms with van der Waals surface area (Å²) < 4.78 is 27.1. The molecule has 0 unspecified atom stereocenters. The first-order valence-electron chi connectivity index (χ1n) is 4.16. The number of ether oxygens (including phenoxy) is 1. The molecule has 1 rings (SSSR count). The second-order valence-corrected chi connectivity index (χ2v) is 4.94. The number of methoxy groups -OCH3 is 1. The molecule has 0 aromatic carbocycles. The quantitative estimate of drug-likeness (QED) is 0.714. The Labute approximate surface area is 92.0 Å². The van der Waals surface area contributed by atoms with Crippen molar-refractivity contribution in [3.05, 3.63) is 11.8 Å². The topological polar surface area (TPSA) is 106 Å². The Bertz CT molecular complexity index is 511. The van der Waals surface area contributed by atoms with E-state index in [1.807, 2.05) is 0 Å². The number of carboxylic acids is 1. The van der Waals surface area contributed by atoms with Gasteiger partial charge < -0.3 is 9.84 Å². The Kier molecular flexibility index (Phi) is 3.43. The molecule has 0 aliphatic rings. The Morgan fingerprint density at radius 2 is 2.19 bits per heavy atom. The van der Waals surface area contributed by atoms with Crippen LogP contribution in [0.4, 0.5) is 0 Å². The van der Waals surface area contributed by atoms with Gasteiger partial charge in [0.25, 0.3) is 0 Å². The predicted molar refractivity (Wildman–Crippen MR) is 53.0 cm³/mol. The minimum Gasteiger partial charge on any atom is -0.481 e. The molecule has 7 nitrogen and oxygen atoms in total. The van der Waals surface area contributed by atoms with Gasteiger partial charge in [0.2, 0.25) is 20.9 Å². The average molecular weight is 246 g/mol. The standard InChI is InChI=1S/C8H10N2O5S/c1-15-7-5(3-6(11)12)4-9-8(10-7)16(2,13)14/h4H,3H2,1-2H3,(H,11,12). The molecule has 16 heavy (non-hydrogen) atoms. The maximum Gasteiger partial charge on any atom is 0.308 e. The van der Waals surface area contributed by atoms with E-state index in [0.29, 0.717) is 0 Å². The van der Waals surface area contributed by atoms with Crippen LogP contribution in [0.15, 0.2) is 11.4 Å². The van der Waals surface area contributed by atoms with Gasteiger partial charge in [-0.05, 0) is 0 Å². The van der Waals surface area contributed by atoms with Crippen molar-refractivity contribution >= 4 is 15.8 Å². The fourth-order valence-electron chi connectivity index (χ4n) is 1.02. The van der Waals surface area contributed by atoms with Gasteiger partial charge in [0.1, 0.15) is 0 Å². The van der Waals surface area contributed by atoms with Crippen LogP contribution in [0.25, 0.3) is 0 Å². The third-order valence-electron chi connectivity index (χ3n) is 1.67. The van der Waals surface area contributed by atoms with Crippen LogP contribution in [0.5, 0.6) is 5.88 Å². The van der Waals surface area contributed by atoms with E-state index in [0.717, 1.165) is 12.5 Å². The first-order chi connectivity index (χ1) is 7.34. The monoisotopic (exact) mass is 246 g/mol. The summed E-state index contributed by atoms with van der Waals surface area (Å²) in [6.07, 6.45) is 1.77. The molecule has 8 heteroatoms. The number of sulfone groups is 1. The fourth-order valence-corrected chi connectivity index (χ4v) is 1.51. The van der Waals surface area contributed by atoms with E-state index in [1.54, 1.807) is 0 Å². The van der Waals surface area contributed by atoms with Crippen molar-refractivity contribution in [1.29, 1.82) is 0 Å². The van der Waals surface area contributed by atoms with Crippen molar-refractivity contribution < 1.29 is 23.1 Å². The number of aromatic nitrogens is 2. The molecule has 0 saturated carbocycles. The van der Waals surface area contributed by atoms with Crippen LogP contribution < -0.4 is 4.74 Å². The van der Waals surface area contributed by atoms with Gasteiger partial charge in [-0.3, -0.25) is 4.79 Å². The van der Waals surface area contributed by atoms with Gasteiger partial charge >= 0.3 is 5.97 Å². The SMILES string of the molecule is COc1nc(S(C)(=O)=O)ncc1CC(=O)O. The lowest BCUT2D eigenvalue weighted by molar-refractivity contribution is -0.136. The van der Waals surface area contributed by atoms with Gasteiger partial charge in [0.05, 0.1) is 13.5 Å². The van der Waals surface area contributed by atoms with Crippen LogP contribution in [0.3, 0.4) is 0 Å². The summed E-state index contributed by atoms with van der Waals surface area (Å²) in [6.45, 7) is 0. The molecule has 0 atom stereocenters. The van der Waals surface area contributed by atoms with Crippen molar-refractivity contribution in [2.24, 2.45) is 0 Å². The summed E-state index contributed by atoms with van der Waals surface area (Å²) in [7, 11) is -2.25.